The summed E-state index contributed by atoms with van der Waals surface area (Å²) in [6.45, 7) is 4.11. The van der Waals surface area contributed by atoms with Crippen molar-refractivity contribution in [3.8, 4) is 0 Å². The van der Waals surface area contributed by atoms with E-state index in [1.165, 1.54) is 22.5 Å². The molecule has 0 fully saturated rings. The maximum Gasteiger partial charge on any atom is 0.253 e. The van der Waals surface area contributed by atoms with E-state index in [9.17, 15) is 4.79 Å². The third-order valence-corrected chi connectivity index (χ3v) is 6.62. The smallest absolute Gasteiger partial charge is 0.253 e. The van der Waals surface area contributed by atoms with Crippen LogP contribution >= 0.6 is 11.8 Å². The number of hydrogen-bond donors (Lipinski definition) is 1. The van der Waals surface area contributed by atoms with E-state index in [-0.39, 0.29) is 23.6 Å². The molecular weight excluding hydrogens is 430 g/mol. The van der Waals surface area contributed by atoms with Crippen LogP contribution in [0.1, 0.15) is 49.2 Å². The Morgan fingerprint density at radius 3 is 2.58 bits per heavy atom. The molecular formula is C26H25N5OS. The lowest BCUT2D eigenvalue weighted by molar-refractivity contribution is -0.130. The number of aromatic nitrogens is 3. The Bertz CT molecular complexity index is 1310. The van der Waals surface area contributed by atoms with Gasteiger partial charge < -0.3 is 0 Å². The second-order valence-electron chi connectivity index (χ2n) is 8.42. The number of carbonyl (C=O) groups is 1. The molecule has 0 saturated carbocycles. The number of hydrazone groups is 1. The number of rotatable bonds is 6. The quantitative estimate of drug-likeness (QED) is 0.387. The predicted molar refractivity (Wildman–Crippen MR) is 132 cm³/mol. The van der Waals surface area contributed by atoms with E-state index >= 15 is 0 Å². The van der Waals surface area contributed by atoms with Crippen LogP contribution in [-0.4, -0.2) is 37.6 Å². The molecule has 5 rings (SSSR count). The Labute approximate surface area is 197 Å². The summed E-state index contributed by atoms with van der Waals surface area (Å²) in [4.78, 5) is 17.7. The van der Waals surface area contributed by atoms with Gasteiger partial charge in [-0.15, -0.1) is 5.10 Å². The molecule has 0 spiro atoms. The van der Waals surface area contributed by atoms with Crippen LogP contribution in [0.3, 0.4) is 0 Å². The highest BCUT2D eigenvalue weighted by Crippen LogP contribution is 2.34. The first-order valence-corrected chi connectivity index (χ1v) is 12.1. The Kier molecular flexibility index (Phi) is 5.96. The van der Waals surface area contributed by atoms with E-state index < -0.39 is 0 Å². The van der Waals surface area contributed by atoms with Crippen LogP contribution in [0.4, 0.5) is 0 Å². The minimum absolute atomic E-state index is 0.0551. The van der Waals surface area contributed by atoms with E-state index in [1.54, 1.807) is 5.01 Å². The molecule has 33 heavy (non-hydrogen) atoms. The first-order chi connectivity index (χ1) is 16.1. The number of benzene rings is 3. The number of fused-ring (bicyclic) bond motifs is 1. The predicted octanol–water partition coefficient (Wildman–Crippen LogP) is 5.55. The highest BCUT2D eigenvalue weighted by atomic mass is 32.2. The zero-order valence-electron chi connectivity index (χ0n) is 18.6. The summed E-state index contributed by atoms with van der Waals surface area (Å²) in [5.74, 6) is 1.26. The lowest BCUT2D eigenvalue weighted by atomic mass is 9.97. The molecule has 0 bridgehead atoms. The molecule has 1 amide bonds. The largest absolute Gasteiger partial charge is 0.272 e. The zero-order chi connectivity index (χ0) is 22.8. The first-order valence-electron chi connectivity index (χ1n) is 11.1. The van der Waals surface area contributed by atoms with Crippen molar-refractivity contribution >= 4 is 34.2 Å². The van der Waals surface area contributed by atoms with Crippen molar-refractivity contribution in [1.29, 1.82) is 0 Å². The maximum atomic E-state index is 13.3. The Balaban J connectivity index is 1.40. The molecule has 1 aromatic heterocycles. The van der Waals surface area contributed by atoms with Gasteiger partial charge in [0.05, 0.1) is 17.5 Å². The van der Waals surface area contributed by atoms with Crippen molar-refractivity contribution in [3.05, 3.63) is 89.7 Å². The summed E-state index contributed by atoms with van der Waals surface area (Å²) in [5, 5.41) is 16.6. The second kappa shape index (κ2) is 9.19. The summed E-state index contributed by atoms with van der Waals surface area (Å²) in [6, 6.07) is 24.6. The van der Waals surface area contributed by atoms with E-state index in [4.69, 9.17) is 5.10 Å². The Hall–Kier alpha value is -3.45. The zero-order valence-corrected chi connectivity index (χ0v) is 19.4. The number of nitrogens with one attached hydrogen (secondary N) is 1. The minimum Gasteiger partial charge on any atom is -0.272 e. The van der Waals surface area contributed by atoms with Gasteiger partial charge in [0, 0.05) is 12.3 Å². The molecule has 4 aromatic rings. The van der Waals surface area contributed by atoms with Gasteiger partial charge in [-0.25, -0.2) is 9.99 Å². The fraction of sp³-hybridized carbons (Fsp3) is 0.231. The molecule has 0 radical (unpaired) electrons. The van der Waals surface area contributed by atoms with Crippen LogP contribution in [0.5, 0.6) is 0 Å². The van der Waals surface area contributed by atoms with Gasteiger partial charge in [0.15, 0.2) is 0 Å². The van der Waals surface area contributed by atoms with Crippen molar-refractivity contribution in [3.63, 3.8) is 0 Å². The van der Waals surface area contributed by atoms with Crippen molar-refractivity contribution < 1.29 is 4.79 Å². The van der Waals surface area contributed by atoms with Crippen LogP contribution in [0, 0.1) is 0 Å². The van der Waals surface area contributed by atoms with Gasteiger partial charge >= 0.3 is 0 Å². The van der Waals surface area contributed by atoms with Gasteiger partial charge in [-0.1, -0.05) is 92.3 Å². The number of H-pyrrole nitrogens is 1. The van der Waals surface area contributed by atoms with E-state index in [0.29, 0.717) is 11.6 Å². The molecule has 0 saturated heterocycles. The third-order valence-electron chi connectivity index (χ3n) is 5.79. The number of nitrogens with zero attached hydrogens (tertiary/aromatic N) is 4. The molecule has 3 aromatic carbocycles. The van der Waals surface area contributed by atoms with Gasteiger partial charge in [0.2, 0.25) is 5.16 Å². The van der Waals surface area contributed by atoms with Crippen LogP contribution in [0.2, 0.25) is 0 Å². The Morgan fingerprint density at radius 2 is 1.82 bits per heavy atom. The normalized spacial score (nSPS) is 15.9. The summed E-state index contributed by atoms with van der Waals surface area (Å²) in [7, 11) is 0. The van der Waals surface area contributed by atoms with Gasteiger partial charge in [0.1, 0.15) is 5.82 Å². The molecule has 1 N–H and O–H groups in total. The average molecular weight is 456 g/mol. The van der Waals surface area contributed by atoms with Crippen molar-refractivity contribution in [2.24, 2.45) is 5.10 Å². The molecule has 6 nitrogen and oxygen atoms in total. The SMILES string of the molecule is CC(C)c1nc(SCC(=O)N2N=C(c3ccc4ccccc4c3)C[C@@H]2c2ccccc2)n[nH]1. The average Bonchev–Trinajstić information content (AvgIpc) is 3.51. The van der Waals surface area contributed by atoms with Crippen LogP contribution < -0.4 is 0 Å². The number of hydrogen-bond acceptors (Lipinski definition) is 5. The third kappa shape index (κ3) is 4.54. The van der Waals surface area contributed by atoms with Crippen molar-refractivity contribution in [2.75, 3.05) is 5.75 Å². The molecule has 1 atom stereocenters. The number of carbonyl (C=O) groups excluding carboxylic acids is 1. The Morgan fingerprint density at radius 1 is 1.06 bits per heavy atom. The minimum atomic E-state index is -0.126. The molecule has 0 unspecified atom stereocenters. The van der Waals surface area contributed by atoms with Gasteiger partial charge in [-0.3, -0.25) is 9.89 Å². The summed E-state index contributed by atoms with van der Waals surface area (Å²) in [6.07, 6.45) is 0.677. The second-order valence-corrected chi connectivity index (χ2v) is 9.37. The molecule has 7 heteroatoms. The topological polar surface area (TPSA) is 74.2 Å². The van der Waals surface area contributed by atoms with Crippen molar-refractivity contribution in [2.45, 2.75) is 37.4 Å². The van der Waals surface area contributed by atoms with Crippen molar-refractivity contribution in [1.82, 2.24) is 20.2 Å². The van der Waals surface area contributed by atoms with Gasteiger partial charge in [-0.2, -0.15) is 5.10 Å². The molecule has 166 valence electrons. The molecule has 2 heterocycles. The fourth-order valence-electron chi connectivity index (χ4n) is 3.99. The molecule has 1 aliphatic rings. The van der Waals surface area contributed by atoms with Gasteiger partial charge in [0.25, 0.3) is 5.91 Å². The van der Waals surface area contributed by atoms with Gasteiger partial charge in [-0.05, 0) is 28.0 Å². The van der Waals surface area contributed by atoms with Crippen LogP contribution in [0.15, 0.2) is 83.1 Å². The summed E-state index contributed by atoms with van der Waals surface area (Å²) in [5.41, 5.74) is 3.05. The highest BCUT2D eigenvalue weighted by molar-refractivity contribution is 7.99. The molecule has 1 aliphatic heterocycles. The standard InChI is InChI=1S/C26H25N5OS/c1-17(2)25-27-26(29-28-25)33-16-24(32)31-23(19-9-4-3-5-10-19)15-22(30-31)21-13-12-18-8-6-7-11-20(18)14-21/h3-14,17,23H,15-16H2,1-2H3,(H,27,28,29)/t23-/m1/s1. The maximum absolute atomic E-state index is 13.3. The van der Waals surface area contributed by atoms with E-state index in [1.807, 2.05) is 30.3 Å². The van der Waals surface area contributed by atoms with E-state index in [0.717, 1.165) is 22.7 Å². The number of amides is 1. The number of aromatic amines is 1. The highest BCUT2D eigenvalue weighted by Gasteiger charge is 2.33. The summed E-state index contributed by atoms with van der Waals surface area (Å²) >= 11 is 1.34. The molecule has 0 aliphatic carbocycles. The fourth-order valence-corrected chi connectivity index (χ4v) is 4.65. The number of thioether (sulfide) groups is 1. The first kappa shape index (κ1) is 21.4. The summed E-state index contributed by atoms with van der Waals surface area (Å²) < 4.78 is 0. The lowest BCUT2D eigenvalue weighted by Crippen LogP contribution is -2.28. The lowest BCUT2D eigenvalue weighted by Gasteiger charge is -2.21. The van der Waals surface area contributed by atoms with E-state index in [2.05, 4.69) is 71.5 Å². The van der Waals surface area contributed by atoms with Crippen LogP contribution in [-0.2, 0) is 4.79 Å². The van der Waals surface area contributed by atoms with Crippen LogP contribution in [0.25, 0.3) is 10.8 Å². The monoisotopic (exact) mass is 455 g/mol.